The fourth-order valence-corrected chi connectivity index (χ4v) is 3.75. The number of rotatable bonds is 4. The SMILES string of the molecule is Cc1cccc(C(=O)N2CC3(CCC(CNS(C)(=O)=O)CO3)C2)n1. The molecule has 2 aliphatic rings. The Morgan fingerprint density at radius 3 is 2.79 bits per heavy atom. The van der Waals surface area contributed by atoms with Crippen LogP contribution in [0.15, 0.2) is 18.2 Å². The Labute approximate surface area is 142 Å². The molecule has 0 saturated carbocycles. The number of pyridine rings is 1. The first kappa shape index (κ1) is 17.3. The van der Waals surface area contributed by atoms with Crippen LogP contribution in [0.3, 0.4) is 0 Å². The quantitative estimate of drug-likeness (QED) is 0.854. The Bertz CT molecular complexity index is 719. The summed E-state index contributed by atoms with van der Waals surface area (Å²) in [5, 5.41) is 0. The fraction of sp³-hybridized carbons (Fsp3) is 0.625. The molecule has 2 aliphatic heterocycles. The topological polar surface area (TPSA) is 88.6 Å². The van der Waals surface area contributed by atoms with Gasteiger partial charge in [0.25, 0.3) is 5.91 Å². The minimum absolute atomic E-state index is 0.0613. The second-order valence-electron chi connectivity index (χ2n) is 6.84. The zero-order chi connectivity index (χ0) is 17.4. The van der Waals surface area contributed by atoms with Crippen LogP contribution < -0.4 is 4.72 Å². The van der Waals surface area contributed by atoms with Gasteiger partial charge in [0.2, 0.25) is 10.0 Å². The van der Waals surface area contributed by atoms with E-state index in [9.17, 15) is 13.2 Å². The van der Waals surface area contributed by atoms with Crippen molar-refractivity contribution in [1.29, 1.82) is 0 Å². The third-order valence-corrected chi connectivity index (χ3v) is 5.31. The molecule has 2 saturated heterocycles. The maximum Gasteiger partial charge on any atom is 0.272 e. The Morgan fingerprint density at radius 1 is 1.46 bits per heavy atom. The van der Waals surface area contributed by atoms with Gasteiger partial charge in [0.15, 0.2) is 0 Å². The molecule has 8 heteroatoms. The molecule has 0 bridgehead atoms. The second-order valence-corrected chi connectivity index (χ2v) is 8.68. The van der Waals surface area contributed by atoms with Crippen molar-refractivity contribution in [2.24, 2.45) is 5.92 Å². The second kappa shape index (κ2) is 6.42. The summed E-state index contributed by atoms with van der Waals surface area (Å²) in [5.41, 5.74) is 1.03. The maximum atomic E-state index is 12.4. The summed E-state index contributed by atoms with van der Waals surface area (Å²) in [4.78, 5) is 18.4. The highest BCUT2D eigenvalue weighted by Gasteiger charge is 2.48. The van der Waals surface area contributed by atoms with Crippen molar-refractivity contribution in [3.63, 3.8) is 0 Å². The van der Waals surface area contributed by atoms with E-state index >= 15 is 0 Å². The number of carbonyl (C=O) groups excluding carboxylic acids is 1. The minimum Gasteiger partial charge on any atom is -0.371 e. The number of nitrogens with one attached hydrogen (secondary N) is 1. The third-order valence-electron chi connectivity index (χ3n) is 4.62. The number of carbonyl (C=O) groups is 1. The van der Waals surface area contributed by atoms with Gasteiger partial charge in [0, 0.05) is 12.2 Å². The number of hydrogen-bond acceptors (Lipinski definition) is 5. The summed E-state index contributed by atoms with van der Waals surface area (Å²) < 4.78 is 30.8. The molecule has 1 aromatic heterocycles. The van der Waals surface area contributed by atoms with Crippen LogP contribution in [0.25, 0.3) is 0 Å². The van der Waals surface area contributed by atoms with E-state index in [0.717, 1.165) is 24.8 Å². The van der Waals surface area contributed by atoms with Gasteiger partial charge in [0.1, 0.15) is 11.3 Å². The molecule has 1 aromatic rings. The Morgan fingerprint density at radius 2 is 2.21 bits per heavy atom. The predicted molar refractivity (Wildman–Crippen MR) is 89.1 cm³/mol. The molecule has 1 unspecified atom stereocenters. The van der Waals surface area contributed by atoms with Crippen molar-refractivity contribution in [3.8, 4) is 0 Å². The third kappa shape index (κ3) is 3.93. The Balaban J connectivity index is 1.49. The molecule has 7 nitrogen and oxygen atoms in total. The van der Waals surface area contributed by atoms with E-state index in [1.807, 2.05) is 19.1 Å². The number of ether oxygens (including phenoxy) is 1. The molecule has 3 heterocycles. The number of amides is 1. The molecule has 1 atom stereocenters. The van der Waals surface area contributed by atoms with Crippen molar-refractivity contribution < 1.29 is 17.9 Å². The largest absolute Gasteiger partial charge is 0.371 e. The molecule has 1 spiro atoms. The number of likely N-dealkylation sites (tertiary alicyclic amines) is 1. The van der Waals surface area contributed by atoms with Crippen molar-refractivity contribution in [1.82, 2.24) is 14.6 Å². The normalized spacial score (nSPS) is 23.1. The number of hydrogen-bond donors (Lipinski definition) is 1. The molecule has 1 amide bonds. The molecular weight excluding hydrogens is 330 g/mol. The molecule has 0 aromatic carbocycles. The molecule has 3 rings (SSSR count). The molecule has 24 heavy (non-hydrogen) atoms. The summed E-state index contributed by atoms with van der Waals surface area (Å²) in [6, 6.07) is 5.43. The van der Waals surface area contributed by atoms with Gasteiger partial charge in [0.05, 0.1) is 26.0 Å². The van der Waals surface area contributed by atoms with Gasteiger partial charge in [-0.25, -0.2) is 18.1 Å². The first-order chi connectivity index (χ1) is 11.3. The van der Waals surface area contributed by atoms with Gasteiger partial charge in [-0.1, -0.05) is 6.07 Å². The average Bonchev–Trinajstić information content (AvgIpc) is 2.50. The Hall–Kier alpha value is -1.51. The van der Waals surface area contributed by atoms with Crippen LogP contribution in [0.2, 0.25) is 0 Å². The lowest BCUT2D eigenvalue weighted by molar-refractivity contribution is -0.166. The summed E-state index contributed by atoms with van der Waals surface area (Å²) in [5.74, 6) is 0.127. The number of nitrogens with zero attached hydrogens (tertiary/aromatic N) is 2. The van der Waals surface area contributed by atoms with Gasteiger partial charge in [-0.05, 0) is 37.8 Å². The predicted octanol–water partition coefficient (Wildman–Crippen LogP) is 0.560. The molecule has 2 fully saturated rings. The molecule has 0 radical (unpaired) electrons. The highest BCUT2D eigenvalue weighted by molar-refractivity contribution is 7.88. The van der Waals surface area contributed by atoms with Gasteiger partial charge in [-0.15, -0.1) is 0 Å². The smallest absolute Gasteiger partial charge is 0.272 e. The number of sulfonamides is 1. The molecule has 132 valence electrons. The van der Waals surface area contributed by atoms with E-state index in [4.69, 9.17) is 4.74 Å². The van der Waals surface area contributed by atoms with E-state index in [1.165, 1.54) is 0 Å². The van der Waals surface area contributed by atoms with Crippen LogP contribution in [-0.4, -0.2) is 62.3 Å². The monoisotopic (exact) mass is 353 g/mol. The van der Waals surface area contributed by atoms with Gasteiger partial charge < -0.3 is 9.64 Å². The highest BCUT2D eigenvalue weighted by Crippen LogP contribution is 2.36. The Kier molecular flexibility index (Phi) is 4.63. The van der Waals surface area contributed by atoms with E-state index in [1.54, 1.807) is 11.0 Å². The molecular formula is C16H23N3O4S. The van der Waals surface area contributed by atoms with E-state index in [0.29, 0.717) is 31.9 Å². The maximum absolute atomic E-state index is 12.4. The zero-order valence-corrected chi connectivity index (χ0v) is 14.8. The van der Waals surface area contributed by atoms with Crippen LogP contribution in [0.4, 0.5) is 0 Å². The van der Waals surface area contributed by atoms with Crippen LogP contribution in [0.5, 0.6) is 0 Å². The van der Waals surface area contributed by atoms with Crippen LogP contribution >= 0.6 is 0 Å². The minimum atomic E-state index is -3.16. The zero-order valence-electron chi connectivity index (χ0n) is 14.0. The summed E-state index contributed by atoms with van der Waals surface area (Å²) in [6.45, 7) is 3.95. The lowest BCUT2D eigenvalue weighted by Crippen LogP contribution is -2.66. The molecule has 1 N–H and O–H groups in total. The first-order valence-corrected chi connectivity index (χ1v) is 9.97. The highest BCUT2D eigenvalue weighted by atomic mass is 32.2. The van der Waals surface area contributed by atoms with Crippen molar-refractivity contribution >= 4 is 15.9 Å². The van der Waals surface area contributed by atoms with E-state index in [2.05, 4.69) is 9.71 Å². The molecule has 0 aliphatic carbocycles. The van der Waals surface area contributed by atoms with Crippen molar-refractivity contribution in [2.45, 2.75) is 25.4 Å². The number of aryl methyl sites for hydroxylation is 1. The van der Waals surface area contributed by atoms with E-state index in [-0.39, 0.29) is 17.4 Å². The van der Waals surface area contributed by atoms with Gasteiger partial charge >= 0.3 is 0 Å². The van der Waals surface area contributed by atoms with Crippen LogP contribution in [0.1, 0.15) is 29.0 Å². The fourth-order valence-electron chi connectivity index (χ4n) is 3.21. The van der Waals surface area contributed by atoms with Crippen LogP contribution in [-0.2, 0) is 14.8 Å². The summed E-state index contributed by atoms with van der Waals surface area (Å²) in [6.07, 6.45) is 2.90. The van der Waals surface area contributed by atoms with E-state index < -0.39 is 10.0 Å². The first-order valence-electron chi connectivity index (χ1n) is 8.08. The summed E-state index contributed by atoms with van der Waals surface area (Å²) in [7, 11) is -3.16. The lowest BCUT2D eigenvalue weighted by atomic mass is 9.83. The summed E-state index contributed by atoms with van der Waals surface area (Å²) >= 11 is 0. The van der Waals surface area contributed by atoms with Gasteiger partial charge in [-0.3, -0.25) is 4.79 Å². The average molecular weight is 353 g/mol. The standard InChI is InChI=1S/C16H23N3O4S/c1-12-4-3-5-14(18-12)15(20)19-10-16(11-19)7-6-13(9-23-16)8-17-24(2,21)22/h3-5,13,17H,6-11H2,1-2H3. The lowest BCUT2D eigenvalue weighted by Gasteiger charge is -2.52. The van der Waals surface area contributed by atoms with Crippen LogP contribution in [0, 0.1) is 12.8 Å². The van der Waals surface area contributed by atoms with Gasteiger partial charge in [-0.2, -0.15) is 0 Å². The van der Waals surface area contributed by atoms with Crippen molar-refractivity contribution in [2.75, 3.05) is 32.5 Å². The number of aromatic nitrogens is 1. The van der Waals surface area contributed by atoms with Crippen molar-refractivity contribution in [3.05, 3.63) is 29.6 Å².